The second-order valence-electron chi connectivity index (χ2n) is 3.68. The van der Waals surface area contributed by atoms with Crippen molar-refractivity contribution in [3.05, 3.63) is 28.2 Å². The van der Waals surface area contributed by atoms with Crippen LogP contribution >= 0.6 is 15.9 Å². The zero-order valence-corrected chi connectivity index (χ0v) is 11.8. The highest BCUT2D eigenvalue weighted by Crippen LogP contribution is 2.23. The summed E-state index contributed by atoms with van der Waals surface area (Å²) in [6.07, 6.45) is 1.74. The average Bonchev–Trinajstić information content (AvgIpc) is 2.23. The summed E-state index contributed by atoms with van der Waals surface area (Å²) >= 11 is 3.29. The van der Waals surface area contributed by atoms with Crippen molar-refractivity contribution >= 4 is 31.5 Å². The molecule has 0 aliphatic carbocycles. The van der Waals surface area contributed by atoms with Gasteiger partial charge in [-0.05, 0) is 34.5 Å². The van der Waals surface area contributed by atoms with E-state index in [1.54, 1.807) is 12.1 Å². The molecule has 0 bridgehead atoms. The van der Waals surface area contributed by atoms with Crippen molar-refractivity contribution in [3.8, 4) is 6.07 Å². The molecule has 1 rings (SSSR count). The lowest BCUT2D eigenvalue weighted by Gasteiger charge is -2.08. The molecule has 6 heteroatoms. The standard InChI is InChI=1S/C11H13BrN2O2S/c1-17(15,16)7-3-6-14-11-5-2-4-10(12)9(11)8-13/h2,4-5,14H,3,6-7H2,1H3. The maximum Gasteiger partial charge on any atom is 0.147 e. The molecule has 0 unspecified atom stereocenters. The van der Waals surface area contributed by atoms with Gasteiger partial charge >= 0.3 is 0 Å². The Morgan fingerprint density at radius 2 is 2.18 bits per heavy atom. The summed E-state index contributed by atoms with van der Waals surface area (Å²) in [7, 11) is -2.92. The van der Waals surface area contributed by atoms with Gasteiger partial charge < -0.3 is 5.32 Å². The third-order valence-corrected chi connectivity index (χ3v) is 3.82. The SMILES string of the molecule is CS(=O)(=O)CCCNc1cccc(Br)c1C#N. The third kappa shape index (κ3) is 4.75. The second kappa shape index (κ2) is 6.03. The van der Waals surface area contributed by atoms with Gasteiger partial charge in [0, 0.05) is 17.3 Å². The van der Waals surface area contributed by atoms with Crippen molar-refractivity contribution in [2.75, 3.05) is 23.9 Å². The Labute approximate surface area is 110 Å². The highest BCUT2D eigenvalue weighted by atomic mass is 79.9. The van der Waals surface area contributed by atoms with Gasteiger partial charge in [0.2, 0.25) is 0 Å². The Bertz CT molecular complexity index is 535. The number of rotatable bonds is 5. The fourth-order valence-corrected chi connectivity index (χ4v) is 2.47. The molecule has 0 saturated carbocycles. The first-order valence-electron chi connectivity index (χ1n) is 5.04. The van der Waals surface area contributed by atoms with E-state index in [-0.39, 0.29) is 5.75 Å². The van der Waals surface area contributed by atoms with Crippen LogP contribution in [0, 0.1) is 11.3 Å². The summed E-state index contributed by atoms with van der Waals surface area (Å²) in [5.41, 5.74) is 1.25. The van der Waals surface area contributed by atoms with Crippen LogP contribution in [0.25, 0.3) is 0 Å². The third-order valence-electron chi connectivity index (χ3n) is 2.13. The number of nitrogens with one attached hydrogen (secondary N) is 1. The first-order valence-corrected chi connectivity index (χ1v) is 7.89. The van der Waals surface area contributed by atoms with Gasteiger partial charge in [-0.1, -0.05) is 6.07 Å². The molecule has 17 heavy (non-hydrogen) atoms. The van der Waals surface area contributed by atoms with Crippen molar-refractivity contribution in [1.29, 1.82) is 5.26 Å². The Kier molecular flexibility index (Phi) is 4.97. The Hall–Kier alpha value is -1.06. The van der Waals surface area contributed by atoms with Crippen LogP contribution in [0.4, 0.5) is 5.69 Å². The molecule has 0 fully saturated rings. The number of benzene rings is 1. The van der Waals surface area contributed by atoms with Gasteiger partial charge in [0.25, 0.3) is 0 Å². The van der Waals surface area contributed by atoms with E-state index in [1.807, 2.05) is 6.07 Å². The quantitative estimate of drug-likeness (QED) is 0.845. The fraction of sp³-hybridized carbons (Fsp3) is 0.364. The second-order valence-corrected chi connectivity index (χ2v) is 6.80. The molecule has 0 aliphatic rings. The minimum atomic E-state index is -2.92. The molecule has 0 amide bonds. The van der Waals surface area contributed by atoms with E-state index in [0.717, 1.165) is 10.2 Å². The minimum absolute atomic E-state index is 0.149. The van der Waals surface area contributed by atoms with E-state index >= 15 is 0 Å². The monoisotopic (exact) mass is 316 g/mol. The molecule has 0 spiro atoms. The Morgan fingerprint density at radius 1 is 1.47 bits per heavy atom. The van der Waals surface area contributed by atoms with E-state index in [2.05, 4.69) is 27.3 Å². The maximum absolute atomic E-state index is 10.9. The van der Waals surface area contributed by atoms with Gasteiger partial charge in [0.15, 0.2) is 0 Å². The van der Waals surface area contributed by atoms with Gasteiger partial charge in [0.1, 0.15) is 15.9 Å². The van der Waals surface area contributed by atoms with E-state index < -0.39 is 9.84 Å². The van der Waals surface area contributed by atoms with E-state index in [0.29, 0.717) is 18.5 Å². The summed E-state index contributed by atoms with van der Waals surface area (Å²) < 4.78 is 22.6. The van der Waals surface area contributed by atoms with Crippen molar-refractivity contribution in [2.45, 2.75) is 6.42 Å². The lowest BCUT2D eigenvalue weighted by Crippen LogP contribution is -2.10. The highest BCUT2D eigenvalue weighted by molar-refractivity contribution is 9.10. The summed E-state index contributed by atoms with van der Waals surface area (Å²) in [4.78, 5) is 0. The molecule has 92 valence electrons. The first kappa shape index (κ1) is 14.0. The molecule has 0 saturated heterocycles. The normalized spacial score (nSPS) is 10.9. The van der Waals surface area contributed by atoms with Crippen LogP contribution in [0.5, 0.6) is 0 Å². The highest BCUT2D eigenvalue weighted by Gasteiger charge is 2.06. The molecular formula is C11H13BrN2O2S. The van der Waals surface area contributed by atoms with Crippen molar-refractivity contribution in [2.24, 2.45) is 0 Å². The molecule has 1 N–H and O–H groups in total. The van der Waals surface area contributed by atoms with Crippen molar-refractivity contribution in [1.82, 2.24) is 0 Å². The van der Waals surface area contributed by atoms with E-state index in [4.69, 9.17) is 5.26 Å². The zero-order valence-electron chi connectivity index (χ0n) is 9.40. The van der Waals surface area contributed by atoms with Crippen molar-refractivity contribution in [3.63, 3.8) is 0 Å². The Morgan fingerprint density at radius 3 is 2.76 bits per heavy atom. The largest absolute Gasteiger partial charge is 0.384 e. The first-order chi connectivity index (χ1) is 7.94. The maximum atomic E-state index is 10.9. The van der Waals surface area contributed by atoms with Crippen LogP contribution in [0.15, 0.2) is 22.7 Å². The summed E-state index contributed by atoms with van der Waals surface area (Å²) in [5.74, 6) is 0.149. The van der Waals surface area contributed by atoms with Crippen LogP contribution in [0.2, 0.25) is 0 Å². The van der Waals surface area contributed by atoms with Gasteiger partial charge in [-0.25, -0.2) is 8.42 Å². The van der Waals surface area contributed by atoms with E-state index in [9.17, 15) is 8.42 Å². The molecule has 4 nitrogen and oxygen atoms in total. The average molecular weight is 317 g/mol. The van der Waals surface area contributed by atoms with Crippen molar-refractivity contribution < 1.29 is 8.42 Å². The minimum Gasteiger partial charge on any atom is -0.384 e. The number of nitrogens with zero attached hydrogens (tertiary/aromatic N) is 1. The molecule has 0 atom stereocenters. The van der Waals surface area contributed by atoms with Gasteiger partial charge in [0.05, 0.1) is 17.0 Å². The van der Waals surface area contributed by atoms with Crippen LogP contribution in [-0.2, 0) is 9.84 Å². The van der Waals surface area contributed by atoms with Crippen LogP contribution in [0.1, 0.15) is 12.0 Å². The van der Waals surface area contributed by atoms with Crippen LogP contribution in [-0.4, -0.2) is 27.0 Å². The Balaban J connectivity index is 2.59. The number of anilines is 1. The van der Waals surface area contributed by atoms with Crippen LogP contribution in [0.3, 0.4) is 0 Å². The molecule has 0 aliphatic heterocycles. The summed E-state index contributed by atoms with van der Waals surface area (Å²) in [6, 6.07) is 7.50. The van der Waals surface area contributed by atoms with Gasteiger partial charge in [-0.3, -0.25) is 0 Å². The number of hydrogen-bond donors (Lipinski definition) is 1. The number of hydrogen-bond acceptors (Lipinski definition) is 4. The zero-order chi connectivity index (χ0) is 12.9. The summed E-state index contributed by atoms with van der Waals surface area (Å²) in [6.45, 7) is 0.526. The van der Waals surface area contributed by atoms with E-state index in [1.165, 1.54) is 6.26 Å². The molecule has 1 aromatic rings. The van der Waals surface area contributed by atoms with Gasteiger partial charge in [-0.2, -0.15) is 5.26 Å². The lowest BCUT2D eigenvalue weighted by atomic mass is 10.2. The molecule has 0 aromatic heterocycles. The smallest absolute Gasteiger partial charge is 0.147 e. The lowest BCUT2D eigenvalue weighted by molar-refractivity contribution is 0.600. The number of halogens is 1. The number of nitriles is 1. The van der Waals surface area contributed by atoms with Gasteiger partial charge in [-0.15, -0.1) is 0 Å². The van der Waals surface area contributed by atoms with Crippen LogP contribution < -0.4 is 5.32 Å². The predicted molar refractivity (Wildman–Crippen MR) is 71.7 cm³/mol. The molecule has 0 heterocycles. The molecular weight excluding hydrogens is 304 g/mol. The fourth-order valence-electron chi connectivity index (χ4n) is 1.34. The molecule has 1 aromatic carbocycles. The number of sulfone groups is 1. The predicted octanol–water partition coefficient (Wildman–Crippen LogP) is 2.17. The topological polar surface area (TPSA) is 70.0 Å². The summed E-state index contributed by atoms with van der Waals surface area (Å²) in [5, 5.41) is 12.0. The molecule has 0 radical (unpaired) electrons.